The van der Waals surface area contributed by atoms with E-state index in [0.29, 0.717) is 18.4 Å². The number of aryl methyl sites for hydroxylation is 1. The van der Waals surface area contributed by atoms with Gasteiger partial charge in [0.25, 0.3) is 0 Å². The van der Waals surface area contributed by atoms with Crippen LogP contribution in [-0.4, -0.2) is 47.5 Å². The number of hydrogen-bond donors (Lipinski definition) is 1. The van der Waals surface area contributed by atoms with Crippen molar-refractivity contribution in [3.63, 3.8) is 0 Å². The van der Waals surface area contributed by atoms with Crippen molar-refractivity contribution in [3.05, 3.63) is 83.4 Å². The van der Waals surface area contributed by atoms with Crippen LogP contribution in [0.25, 0.3) is 10.8 Å². The van der Waals surface area contributed by atoms with Gasteiger partial charge in [-0.05, 0) is 74.4 Å². The molecule has 0 aliphatic rings. The zero-order valence-corrected chi connectivity index (χ0v) is 28.0. The second kappa shape index (κ2) is 16.0. The highest BCUT2D eigenvalue weighted by Crippen LogP contribution is 2.31. The van der Waals surface area contributed by atoms with Gasteiger partial charge in [-0.2, -0.15) is 13.2 Å². The summed E-state index contributed by atoms with van der Waals surface area (Å²) in [6.07, 6.45) is -6.14. The summed E-state index contributed by atoms with van der Waals surface area (Å²) in [4.78, 5) is 40.7. The molecular formula is C36H45F3N2O6. The zero-order chi connectivity index (χ0) is 34.9. The Bertz CT molecular complexity index is 1520. The lowest BCUT2D eigenvalue weighted by molar-refractivity contribution is -0.170. The summed E-state index contributed by atoms with van der Waals surface area (Å²) < 4.78 is 56.2. The second-order valence-electron chi connectivity index (χ2n) is 12.6. The molecule has 11 heteroatoms. The molecule has 1 N–H and O–H groups in total. The van der Waals surface area contributed by atoms with Crippen LogP contribution in [0.5, 0.6) is 0 Å². The molecule has 3 aromatic carbocycles. The number of fused-ring (bicyclic) bond motifs is 1. The average molecular weight is 659 g/mol. The minimum absolute atomic E-state index is 0.149. The smallest absolute Gasteiger partial charge is 0.416 e. The summed E-state index contributed by atoms with van der Waals surface area (Å²) in [5, 5.41) is 4.47. The van der Waals surface area contributed by atoms with Crippen molar-refractivity contribution in [2.24, 2.45) is 5.92 Å². The maximum Gasteiger partial charge on any atom is 0.416 e. The molecule has 0 fully saturated rings. The quantitative estimate of drug-likeness (QED) is 0.154. The van der Waals surface area contributed by atoms with Gasteiger partial charge in [-0.1, -0.05) is 80.9 Å². The van der Waals surface area contributed by atoms with E-state index < -0.39 is 53.9 Å². The molecule has 3 aromatic rings. The molecule has 8 nitrogen and oxygen atoms in total. The Morgan fingerprint density at radius 1 is 0.894 bits per heavy atom. The number of alkyl halides is 3. The molecule has 47 heavy (non-hydrogen) atoms. The predicted molar refractivity (Wildman–Crippen MR) is 173 cm³/mol. The van der Waals surface area contributed by atoms with Crippen LogP contribution in [-0.2, 0) is 31.6 Å². The molecule has 4 atom stereocenters. The molecule has 0 spiro atoms. The van der Waals surface area contributed by atoms with Gasteiger partial charge in [0.05, 0.1) is 11.6 Å². The number of carbonyl (C=O) groups is 3. The van der Waals surface area contributed by atoms with Crippen LogP contribution in [0, 0.1) is 5.92 Å². The van der Waals surface area contributed by atoms with Crippen LogP contribution in [0.1, 0.15) is 84.0 Å². The predicted octanol–water partition coefficient (Wildman–Crippen LogP) is 8.82. The molecule has 256 valence electrons. The maximum atomic E-state index is 13.7. The van der Waals surface area contributed by atoms with Crippen LogP contribution < -0.4 is 5.32 Å². The fourth-order valence-corrected chi connectivity index (χ4v) is 5.16. The minimum Gasteiger partial charge on any atom is -0.444 e. The number of rotatable bonds is 12. The number of esters is 1. The van der Waals surface area contributed by atoms with E-state index in [0.717, 1.165) is 28.5 Å². The molecule has 0 radical (unpaired) electrons. The molecule has 0 heterocycles. The molecule has 0 bridgehead atoms. The van der Waals surface area contributed by atoms with Crippen molar-refractivity contribution < 1.29 is 41.8 Å². The summed E-state index contributed by atoms with van der Waals surface area (Å²) >= 11 is 0. The third-order valence-electron chi connectivity index (χ3n) is 7.78. The topological polar surface area (TPSA) is 94.2 Å². The molecule has 0 saturated heterocycles. The number of nitrogens with one attached hydrogen (secondary N) is 1. The van der Waals surface area contributed by atoms with Crippen LogP contribution >= 0.6 is 0 Å². The molecule has 0 aliphatic carbocycles. The summed E-state index contributed by atoms with van der Waals surface area (Å²) in [6, 6.07) is 17.0. The number of halogens is 3. The molecule has 0 aliphatic heterocycles. The van der Waals surface area contributed by atoms with Crippen molar-refractivity contribution in [3.8, 4) is 0 Å². The van der Waals surface area contributed by atoms with Crippen LogP contribution in [0.3, 0.4) is 0 Å². The summed E-state index contributed by atoms with van der Waals surface area (Å²) in [6.45, 7) is 12.1. The summed E-state index contributed by atoms with van der Waals surface area (Å²) in [5.74, 6) is -1.10. The Balaban J connectivity index is 1.79. The number of amides is 2. The number of ether oxygens (including phenoxy) is 3. The van der Waals surface area contributed by atoms with E-state index in [1.807, 2.05) is 56.3 Å². The maximum absolute atomic E-state index is 13.7. The van der Waals surface area contributed by atoms with Crippen LogP contribution in [0.15, 0.2) is 66.7 Å². The van der Waals surface area contributed by atoms with E-state index in [-0.39, 0.29) is 18.9 Å². The normalized spacial score (nSPS) is 14.4. The Morgan fingerprint density at radius 3 is 2.21 bits per heavy atom. The minimum atomic E-state index is -4.46. The third kappa shape index (κ3) is 10.9. The zero-order valence-electron chi connectivity index (χ0n) is 28.0. The van der Waals surface area contributed by atoms with E-state index in [4.69, 9.17) is 14.2 Å². The molecule has 0 aromatic heterocycles. The molecular weight excluding hydrogens is 613 g/mol. The first-order chi connectivity index (χ1) is 22.0. The molecule has 0 saturated carbocycles. The van der Waals surface area contributed by atoms with Gasteiger partial charge < -0.3 is 24.4 Å². The molecule has 3 unspecified atom stereocenters. The van der Waals surface area contributed by atoms with Crippen molar-refractivity contribution in [1.82, 2.24) is 10.2 Å². The van der Waals surface area contributed by atoms with Crippen molar-refractivity contribution in [2.45, 2.75) is 97.9 Å². The Morgan fingerprint density at radius 2 is 1.55 bits per heavy atom. The fourth-order valence-electron chi connectivity index (χ4n) is 5.16. The Hall–Kier alpha value is -4.28. The van der Waals surface area contributed by atoms with Gasteiger partial charge in [-0.3, -0.25) is 0 Å². The van der Waals surface area contributed by atoms with Gasteiger partial charge in [-0.15, -0.1) is 0 Å². The molecule has 3 rings (SSSR count). The Kier molecular flexibility index (Phi) is 12.7. The highest BCUT2D eigenvalue weighted by Gasteiger charge is 2.33. The monoisotopic (exact) mass is 658 g/mol. The highest BCUT2D eigenvalue weighted by atomic mass is 19.4. The van der Waals surface area contributed by atoms with E-state index >= 15 is 0 Å². The third-order valence-corrected chi connectivity index (χ3v) is 7.78. The van der Waals surface area contributed by atoms with Gasteiger partial charge in [0.15, 0.2) is 0 Å². The van der Waals surface area contributed by atoms with E-state index in [1.165, 1.54) is 17.9 Å². The first-order valence-electron chi connectivity index (χ1n) is 15.8. The van der Waals surface area contributed by atoms with Gasteiger partial charge in [-0.25, -0.2) is 14.4 Å². The van der Waals surface area contributed by atoms with Crippen molar-refractivity contribution in [1.29, 1.82) is 0 Å². The van der Waals surface area contributed by atoms with E-state index in [2.05, 4.69) is 5.32 Å². The van der Waals surface area contributed by atoms with Crippen LogP contribution in [0.2, 0.25) is 0 Å². The number of carbonyl (C=O) groups excluding carboxylic acids is 3. The first kappa shape index (κ1) is 37.2. The number of nitrogens with zero attached hydrogens (tertiary/aromatic N) is 1. The average Bonchev–Trinajstić information content (AvgIpc) is 2.99. The summed E-state index contributed by atoms with van der Waals surface area (Å²) in [7, 11) is 0. The van der Waals surface area contributed by atoms with Gasteiger partial charge in [0.1, 0.15) is 11.6 Å². The lowest BCUT2D eigenvalue weighted by Crippen LogP contribution is -2.48. The lowest BCUT2D eigenvalue weighted by atomic mass is 9.98. The molecule has 2 amide bonds. The van der Waals surface area contributed by atoms with Gasteiger partial charge >= 0.3 is 24.3 Å². The van der Waals surface area contributed by atoms with Gasteiger partial charge in [0, 0.05) is 13.5 Å². The second-order valence-corrected chi connectivity index (χ2v) is 12.6. The SMILES string of the molecule is CCC(C)C(NC(=O)OC(C)(C)C)C(=O)OC(C)OC(=O)N(CCCc1cccc(C(F)(F)F)c1)[C@H](C)c1cccc2ccccc12. The fraction of sp³-hybridized carbons (Fsp3) is 0.472. The summed E-state index contributed by atoms with van der Waals surface area (Å²) in [5.41, 5.74) is -0.172. The van der Waals surface area contributed by atoms with Gasteiger partial charge in [0.2, 0.25) is 6.29 Å². The van der Waals surface area contributed by atoms with Crippen molar-refractivity contribution in [2.75, 3.05) is 6.54 Å². The number of hydrogen-bond acceptors (Lipinski definition) is 6. The Labute approximate surface area is 274 Å². The first-order valence-corrected chi connectivity index (χ1v) is 15.8. The standard InChI is InChI=1S/C36H45F3N2O6/c1-8-23(2)31(40-33(43)47-35(5,6)7)32(42)45-25(4)46-34(44)41(21-13-15-26-14-11-18-28(22-26)36(37,38)39)24(3)29-20-12-17-27-16-9-10-19-30(27)29/h9-12,14,16-20,22-25,31H,8,13,15,21H2,1-7H3,(H,40,43)/t23?,24-,25?,31?/m1/s1. The largest absolute Gasteiger partial charge is 0.444 e. The van der Waals surface area contributed by atoms with E-state index in [1.54, 1.807) is 33.8 Å². The van der Waals surface area contributed by atoms with E-state index in [9.17, 15) is 27.6 Å². The van der Waals surface area contributed by atoms with Crippen LogP contribution in [0.4, 0.5) is 22.8 Å². The number of benzene rings is 3. The van der Waals surface area contributed by atoms with Crippen molar-refractivity contribution >= 4 is 28.9 Å². The lowest BCUT2D eigenvalue weighted by Gasteiger charge is -2.31. The highest BCUT2D eigenvalue weighted by molar-refractivity contribution is 5.86. The number of alkyl carbamates (subject to hydrolysis) is 1.